The number of piperidine rings is 3. The fourth-order valence-electron chi connectivity index (χ4n) is 12.6. The average molecular weight is 1590 g/mol. The highest BCUT2D eigenvalue weighted by molar-refractivity contribution is 5.69. The molecule has 12 aromatic rings. The Morgan fingerprint density at radius 2 is 0.730 bits per heavy atom. The molecule has 0 unspecified atom stereocenters. The van der Waals surface area contributed by atoms with E-state index in [1.807, 2.05) is 41.5 Å². The first kappa shape index (κ1) is 82.4. The summed E-state index contributed by atoms with van der Waals surface area (Å²) in [6.07, 6.45) is 13.7. The molecular weight excluding hydrogens is 1500 g/mol. The van der Waals surface area contributed by atoms with Gasteiger partial charge in [-0.15, -0.1) is 30.6 Å². The van der Waals surface area contributed by atoms with Crippen LogP contribution in [0.25, 0.3) is 51.1 Å². The van der Waals surface area contributed by atoms with E-state index in [-0.39, 0.29) is 75.7 Å². The van der Waals surface area contributed by atoms with Crippen molar-refractivity contribution in [3.63, 3.8) is 0 Å². The second kappa shape index (κ2) is 35.2. The first-order valence-electron chi connectivity index (χ1n) is 37.5. The lowest BCUT2D eigenvalue weighted by atomic mass is 9.98. The van der Waals surface area contributed by atoms with Crippen molar-refractivity contribution in [3.05, 3.63) is 198 Å². The average Bonchev–Trinajstić information content (AvgIpc) is 1.67. The summed E-state index contributed by atoms with van der Waals surface area (Å²) in [5, 5.41) is 53.1. The normalized spacial score (nSPS) is 15.0. The molecule has 115 heavy (non-hydrogen) atoms. The summed E-state index contributed by atoms with van der Waals surface area (Å²) in [6, 6.07) is 27.3. The maximum Gasteiger partial charge on any atom is 0.410 e. The molecule has 3 aliphatic heterocycles. The van der Waals surface area contributed by atoms with Gasteiger partial charge in [-0.1, -0.05) is 54.6 Å². The van der Waals surface area contributed by atoms with Crippen molar-refractivity contribution >= 4 is 29.1 Å². The van der Waals surface area contributed by atoms with Gasteiger partial charge in [-0.3, -0.25) is 0 Å². The molecule has 12 heterocycles. The van der Waals surface area contributed by atoms with Gasteiger partial charge in [0.05, 0.1) is 67.5 Å². The van der Waals surface area contributed by atoms with Crippen molar-refractivity contribution in [1.82, 2.24) is 104 Å². The van der Waals surface area contributed by atoms with Crippen LogP contribution in [0.2, 0.25) is 0 Å². The fraction of sp³-hybridized carbons (Fsp3) is 0.412. The van der Waals surface area contributed by atoms with Crippen molar-refractivity contribution in [2.75, 3.05) is 66.1 Å². The Kier molecular flexibility index (Phi) is 25.2. The van der Waals surface area contributed by atoms with Crippen LogP contribution in [-0.4, -0.2) is 204 Å². The van der Waals surface area contributed by atoms with Crippen molar-refractivity contribution in [1.29, 1.82) is 0 Å². The van der Waals surface area contributed by atoms with Crippen LogP contribution < -0.4 is 9.47 Å². The number of aliphatic hydroxyl groups is 1. The highest BCUT2D eigenvalue weighted by atomic mass is 19.3. The number of hydrogen-bond acceptors (Lipinski definition) is 24. The highest BCUT2D eigenvalue weighted by Gasteiger charge is 2.43. The second-order valence-corrected chi connectivity index (χ2v) is 30.4. The number of benzene rings is 3. The molecule has 3 aromatic carbocycles. The van der Waals surface area contributed by atoms with E-state index in [1.54, 1.807) is 104 Å². The first-order chi connectivity index (χ1) is 54.8. The number of aromatic nitrogens is 18. The lowest BCUT2D eigenvalue weighted by molar-refractivity contribution is 0.0152. The van der Waals surface area contributed by atoms with Crippen molar-refractivity contribution in [3.8, 4) is 51.4 Å². The zero-order chi connectivity index (χ0) is 82.0. The first-order valence-corrected chi connectivity index (χ1v) is 37.5. The smallest absolute Gasteiger partial charge is 0.410 e. The third-order valence-corrected chi connectivity index (χ3v) is 19.0. The maximum atomic E-state index is 15.5. The molecule has 0 radical (unpaired) electrons. The molecule has 0 bridgehead atoms. The van der Waals surface area contributed by atoms with Gasteiger partial charge in [-0.2, -0.15) is 55.2 Å². The molecule has 29 nitrogen and oxygen atoms in total. The number of rotatable bonds is 16. The number of alkyl halides is 6. The van der Waals surface area contributed by atoms with E-state index in [0.717, 1.165) is 65.2 Å². The van der Waals surface area contributed by atoms with Crippen LogP contribution in [0.5, 0.6) is 17.2 Å². The largest absolute Gasteiger partial charge is 0.505 e. The Morgan fingerprint density at radius 3 is 1.04 bits per heavy atom. The van der Waals surface area contributed by atoms with E-state index in [0.29, 0.717) is 102 Å². The van der Waals surface area contributed by atoms with E-state index < -0.39 is 46.4 Å². The van der Waals surface area contributed by atoms with Crippen molar-refractivity contribution < 1.29 is 65.1 Å². The third kappa shape index (κ3) is 20.7. The predicted molar refractivity (Wildman–Crippen MR) is 409 cm³/mol. The third-order valence-electron chi connectivity index (χ3n) is 19.0. The molecule has 9 aromatic heterocycles. The van der Waals surface area contributed by atoms with E-state index in [9.17, 15) is 14.7 Å². The topological polar surface area (TPSA) is 328 Å². The summed E-state index contributed by atoms with van der Waals surface area (Å²) >= 11 is 0. The second-order valence-electron chi connectivity index (χ2n) is 30.4. The molecule has 35 heteroatoms. The molecule has 3 fully saturated rings. The van der Waals surface area contributed by atoms with E-state index in [1.165, 1.54) is 73.3 Å². The number of carbonyl (C=O) groups is 2. The molecular formula is C80H89F6N21O8. The van der Waals surface area contributed by atoms with Crippen LogP contribution in [0.3, 0.4) is 0 Å². The zero-order valence-electron chi connectivity index (χ0n) is 65.2. The van der Waals surface area contributed by atoms with Gasteiger partial charge >= 0.3 is 30.0 Å². The molecule has 604 valence electrons. The number of carbonyl (C=O) groups excluding carboxylic acids is 2. The molecule has 0 spiro atoms. The van der Waals surface area contributed by atoms with Gasteiger partial charge < -0.3 is 43.9 Å². The van der Waals surface area contributed by atoms with Crippen molar-refractivity contribution in [2.24, 2.45) is 17.8 Å². The Bertz CT molecular complexity index is 5290. The number of fused-ring (bicyclic) bond motifs is 3. The van der Waals surface area contributed by atoms with Crippen LogP contribution in [0, 0.1) is 38.5 Å². The Labute approximate surface area is 658 Å². The fourth-order valence-corrected chi connectivity index (χ4v) is 12.6. The van der Waals surface area contributed by atoms with Crippen LogP contribution in [0.4, 0.5) is 35.9 Å². The number of aromatic hydroxyl groups is 1. The SMILES string of the molecule is CC(C)(C)OC(=O)N1CCC(CO)CC1.Cc1ccc2nnc(C(F)(F)c3cccc(-c4ncc(O)cn4)c3)n2n1.Cc1ccc2nnc(C(F)(F)c3cccc(-c4ncc(OCC5CCN(C(=O)OC(C)(C)C)CC5)cn4)c3)n2n1.Cc1ccc2nnc(C(F)(F)c3cccc(-c4ncc(OCC5CCN(C)CC5)cn4)c3)n2n1. The number of aliphatic hydroxyl groups excluding tert-OH is 1. The molecule has 0 aliphatic carbocycles. The summed E-state index contributed by atoms with van der Waals surface area (Å²) in [5.74, 6) is -9.01. The molecule has 3 saturated heterocycles. The number of nitrogens with zero attached hydrogens (tertiary/aromatic N) is 21. The standard InChI is InChI=1S/C28H31F2N7O3.C24H25F2N7O.C17H12F2N6O.C11H21NO3/c1-18-8-9-23-33-34-25(37(23)35-18)28(29,30)21-7-5-6-20(14-21)24-31-15-22(16-32-24)39-17-19-10-12-36(13-11-19)26(38)40-27(2,3)4;1-16-6-7-21-29-30-23(33(21)31-16)24(25,26)19-5-3-4-18(12-19)22-27-13-20(14-28-22)34-15-17-8-10-32(2)11-9-17;1-10-5-6-14-22-23-16(25(14)24-10)17(18,19)12-4-2-3-11(7-12)15-20-8-13(26)9-21-15;1-11(2,3)15-10(14)12-6-4-9(8-13)5-7-12/h5-9,14-16,19H,10-13,17H2,1-4H3;3-7,12-14,17H,8-11,15H2,1-2H3;2-9,26H,1H3;9,13H,4-8H2,1-3H3. The minimum absolute atomic E-state index is 0.105. The van der Waals surface area contributed by atoms with Gasteiger partial charge in [0.1, 0.15) is 11.2 Å². The summed E-state index contributed by atoms with van der Waals surface area (Å²) in [6.45, 7) is 22.4. The number of likely N-dealkylation sites (tertiary alicyclic amines) is 3. The Balaban J connectivity index is 0.000000148. The molecule has 2 amide bonds. The number of aryl methyl sites for hydroxylation is 3. The number of halogens is 6. The van der Waals surface area contributed by atoms with Gasteiger partial charge in [0, 0.05) is 66.2 Å². The highest BCUT2D eigenvalue weighted by Crippen LogP contribution is 2.40. The Hall–Kier alpha value is -12.0. The van der Waals surface area contributed by atoms with E-state index >= 15 is 26.3 Å². The lowest BCUT2D eigenvalue weighted by Crippen LogP contribution is -2.42. The van der Waals surface area contributed by atoms with Crippen LogP contribution in [-0.2, 0) is 27.2 Å². The van der Waals surface area contributed by atoms with Gasteiger partial charge in [-0.05, 0) is 193 Å². The predicted octanol–water partition coefficient (Wildman–Crippen LogP) is 13.2. The monoisotopic (exact) mass is 1590 g/mol. The quantitative estimate of drug-likeness (QED) is 0.0849. The van der Waals surface area contributed by atoms with Crippen LogP contribution in [0.15, 0.2) is 146 Å². The number of amides is 2. The minimum atomic E-state index is -3.45. The summed E-state index contributed by atoms with van der Waals surface area (Å²) < 4.78 is 118. The number of ether oxygens (including phenoxy) is 4. The maximum absolute atomic E-state index is 15.5. The van der Waals surface area contributed by atoms with Crippen molar-refractivity contribution in [2.45, 2.75) is 130 Å². The summed E-state index contributed by atoms with van der Waals surface area (Å²) in [7, 11) is 2.13. The molecule has 0 atom stereocenters. The lowest BCUT2D eigenvalue weighted by Gasteiger charge is -2.33. The van der Waals surface area contributed by atoms with Gasteiger partial charge in [0.15, 0.2) is 51.7 Å². The van der Waals surface area contributed by atoms with Crippen LogP contribution in [0.1, 0.15) is 131 Å². The van der Waals surface area contributed by atoms with Crippen LogP contribution >= 0.6 is 0 Å². The molecule has 15 rings (SSSR count). The summed E-state index contributed by atoms with van der Waals surface area (Å²) in [4.78, 5) is 54.9. The summed E-state index contributed by atoms with van der Waals surface area (Å²) in [5.41, 5.74) is 2.00. The number of hydrogen-bond donors (Lipinski definition) is 2. The van der Waals surface area contributed by atoms with E-state index in [4.69, 9.17) is 24.1 Å². The molecule has 2 N–H and O–H groups in total. The zero-order valence-corrected chi connectivity index (χ0v) is 65.2. The Morgan fingerprint density at radius 1 is 0.426 bits per heavy atom. The molecule has 0 saturated carbocycles. The van der Waals surface area contributed by atoms with Gasteiger partial charge in [0.2, 0.25) is 17.5 Å². The minimum Gasteiger partial charge on any atom is -0.505 e. The molecule has 3 aliphatic rings. The van der Waals surface area contributed by atoms with Gasteiger partial charge in [-0.25, -0.2) is 39.5 Å². The van der Waals surface area contributed by atoms with Gasteiger partial charge in [0.25, 0.3) is 0 Å². The van der Waals surface area contributed by atoms with E-state index in [2.05, 4.69) is 87.7 Å².